The molecule has 0 aliphatic rings. The Morgan fingerprint density at radius 2 is 1.77 bits per heavy atom. The van der Waals surface area contributed by atoms with Crippen molar-refractivity contribution >= 4 is 40.6 Å². The van der Waals surface area contributed by atoms with Crippen LogP contribution in [0.15, 0.2) is 54.9 Å². The van der Waals surface area contributed by atoms with Gasteiger partial charge >= 0.3 is 5.97 Å². The van der Waals surface area contributed by atoms with Crippen molar-refractivity contribution in [2.24, 2.45) is 0 Å². The van der Waals surface area contributed by atoms with E-state index in [1.54, 1.807) is 24.3 Å². The molecule has 7 heteroatoms. The minimum Gasteiger partial charge on any atom is -0.465 e. The molecule has 1 heterocycles. The summed E-state index contributed by atoms with van der Waals surface area (Å²) in [6, 6.07) is 14.5. The molecule has 0 atom stereocenters. The topological polar surface area (TPSA) is 76.1 Å². The summed E-state index contributed by atoms with van der Waals surface area (Å²) in [5, 5.41) is 6.97. The fourth-order valence-corrected chi connectivity index (χ4v) is 2.51. The molecular weight excluding hydrogens is 352 g/mol. The molecule has 0 spiro atoms. The van der Waals surface area contributed by atoms with Crippen LogP contribution in [0.4, 0.5) is 23.0 Å². The third-order valence-corrected chi connectivity index (χ3v) is 4.11. The summed E-state index contributed by atoms with van der Waals surface area (Å²) in [6.07, 6.45) is 1.43. The molecule has 132 valence electrons. The number of nitrogens with zero attached hydrogens (tertiary/aromatic N) is 2. The second-order valence-corrected chi connectivity index (χ2v) is 5.95. The Morgan fingerprint density at radius 1 is 1.04 bits per heavy atom. The number of anilines is 4. The average Bonchev–Trinajstić information content (AvgIpc) is 2.65. The Hall–Kier alpha value is -3.12. The van der Waals surface area contributed by atoms with E-state index >= 15 is 0 Å². The van der Waals surface area contributed by atoms with E-state index in [2.05, 4.69) is 20.6 Å². The van der Waals surface area contributed by atoms with Gasteiger partial charge in [-0.05, 0) is 36.8 Å². The number of methoxy groups -OCH3 is 1. The second kappa shape index (κ2) is 7.84. The fourth-order valence-electron chi connectivity index (χ4n) is 2.33. The number of esters is 1. The number of carbonyl (C=O) groups excluding carboxylic acids is 1. The van der Waals surface area contributed by atoms with Crippen LogP contribution in [0.1, 0.15) is 15.9 Å². The smallest absolute Gasteiger partial charge is 0.339 e. The van der Waals surface area contributed by atoms with Gasteiger partial charge in [0.25, 0.3) is 0 Å². The molecule has 0 radical (unpaired) electrons. The van der Waals surface area contributed by atoms with Gasteiger partial charge in [0.1, 0.15) is 18.0 Å². The maximum absolute atomic E-state index is 11.9. The van der Waals surface area contributed by atoms with Gasteiger partial charge in [0, 0.05) is 16.8 Å². The van der Waals surface area contributed by atoms with Crippen LogP contribution in [0.25, 0.3) is 0 Å². The van der Waals surface area contributed by atoms with E-state index < -0.39 is 5.97 Å². The zero-order chi connectivity index (χ0) is 18.5. The first kappa shape index (κ1) is 17.7. The molecule has 0 bridgehead atoms. The van der Waals surface area contributed by atoms with E-state index in [-0.39, 0.29) is 0 Å². The molecule has 0 fully saturated rings. The van der Waals surface area contributed by atoms with Gasteiger partial charge in [-0.3, -0.25) is 0 Å². The van der Waals surface area contributed by atoms with Gasteiger partial charge in [-0.1, -0.05) is 29.8 Å². The molecular formula is C19H17ClN4O2. The summed E-state index contributed by atoms with van der Waals surface area (Å²) in [5.74, 6) is 0.713. The van der Waals surface area contributed by atoms with E-state index in [0.717, 1.165) is 11.3 Å². The van der Waals surface area contributed by atoms with Gasteiger partial charge < -0.3 is 15.4 Å². The summed E-state index contributed by atoms with van der Waals surface area (Å²) in [4.78, 5) is 20.3. The molecule has 0 saturated carbocycles. The van der Waals surface area contributed by atoms with Crippen molar-refractivity contribution in [1.29, 1.82) is 0 Å². The van der Waals surface area contributed by atoms with Crippen molar-refractivity contribution in [3.63, 3.8) is 0 Å². The van der Waals surface area contributed by atoms with Crippen LogP contribution >= 0.6 is 11.6 Å². The molecule has 26 heavy (non-hydrogen) atoms. The number of aryl methyl sites for hydroxylation is 1. The monoisotopic (exact) mass is 368 g/mol. The molecule has 3 rings (SSSR count). The summed E-state index contributed by atoms with van der Waals surface area (Å²) < 4.78 is 4.80. The third kappa shape index (κ3) is 4.10. The van der Waals surface area contributed by atoms with Crippen LogP contribution < -0.4 is 10.6 Å². The van der Waals surface area contributed by atoms with Gasteiger partial charge in [0.05, 0.1) is 18.4 Å². The number of ether oxygens (including phenoxy) is 1. The summed E-state index contributed by atoms with van der Waals surface area (Å²) in [7, 11) is 1.35. The SMILES string of the molecule is COC(=O)c1ccccc1Nc1cc(Nc2ccc(C)c(Cl)c2)ncn1. The summed E-state index contributed by atoms with van der Waals surface area (Å²) in [5.41, 5.74) is 2.85. The highest BCUT2D eigenvalue weighted by molar-refractivity contribution is 6.31. The predicted octanol–water partition coefficient (Wildman–Crippen LogP) is 4.71. The fraction of sp³-hybridized carbons (Fsp3) is 0.105. The number of nitrogens with one attached hydrogen (secondary N) is 2. The Balaban J connectivity index is 1.82. The van der Waals surface area contributed by atoms with E-state index in [1.165, 1.54) is 13.4 Å². The maximum atomic E-state index is 11.9. The van der Waals surface area contributed by atoms with E-state index in [4.69, 9.17) is 16.3 Å². The van der Waals surface area contributed by atoms with Gasteiger partial charge in [-0.2, -0.15) is 0 Å². The maximum Gasteiger partial charge on any atom is 0.339 e. The van der Waals surface area contributed by atoms with E-state index in [1.807, 2.05) is 31.2 Å². The Bertz CT molecular complexity index is 946. The van der Waals surface area contributed by atoms with Crippen LogP contribution in [0.2, 0.25) is 5.02 Å². The summed E-state index contributed by atoms with van der Waals surface area (Å²) >= 11 is 6.15. The van der Waals surface area contributed by atoms with E-state index in [9.17, 15) is 4.79 Å². The first-order valence-corrected chi connectivity index (χ1v) is 8.24. The standard InChI is InChI=1S/C19H17ClN4O2/c1-12-7-8-13(9-15(12)20)23-17-10-18(22-11-21-17)24-16-6-4-3-5-14(16)19(25)26-2/h3-11H,1-2H3,(H2,21,22,23,24). The van der Waals surface area contributed by atoms with Crippen LogP contribution in [-0.4, -0.2) is 23.0 Å². The van der Waals surface area contributed by atoms with Gasteiger partial charge in [0.15, 0.2) is 0 Å². The van der Waals surface area contributed by atoms with Crippen LogP contribution in [0.5, 0.6) is 0 Å². The number of para-hydroxylation sites is 1. The molecule has 0 amide bonds. The highest BCUT2D eigenvalue weighted by Gasteiger charge is 2.11. The second-order valence-electron chi connectivity index (χ2n) is 5.54. The number of hydrogen-bond acceptors (Lipinski definition) is 6. The highest BCUT2D eigenvalue weighted by Crippen LogP contribution is 2.25. The number of carbonyl (C=O) groups is 1. The Labute approximate surface area is 156 Å². The lowest BCUT2D eigenvalue weighted by atomic mass is 10.2. The molecule has 6 nitrogen and oxygen atoms in total. The first-order chi connectivity index (χ1) is 12.6. The van der Waals surface area contributed by atoms with Crippen molar-refractivity contribution in [3.8, 4) is 0 Å². The largest absolute Gasteiger partial charge is 0.465 e. The zero-order valence-corrected chi connectivity index (χ0v) is 15.0. The lowest BCUT2D eigenvalue weighted by Gasteiger charge is -2.11. The van der Waals surface area contributed by atoms with Crippen LogP contribution in [0.3, 0.4) is 0 Å². The van der Waals surface area contributed by atoms with Crippen molar-refractivity contribution in [1.82, 2.24) is 9.97 Å². The number of rotatable bonds is 5. The number of halogens is 1. The molecule has 1 aromatic heterocycles. The van der Waals surface area contributed by atoms with Crippen molar-refractivity contribution in [3.05, 3.63) is 71.0 Å². The lowest BCUT2D eigenvalue weighted by Crippen LogP contribution is -2.06. The van der Waals surface area contributed by atoms with Crippen LogP contribution in [-0.2, 0) is 4.74 Å². The quantitative estimate of drug-likeness (QED) is 0.635. The van der Waals surface area contributed by atoms with Gasteiger partial charge in [-0.25, -0.2) is 14.8 Å². The normalized spacial score (nSPS) is 10.3. The highest BCUT2D eigenvalue weighted by atomic mass is 35.5. The van der Waals surface area contributed by atoms with Crippen molar-refractivity contribution < 1.29 is 9.53 Å². The molecule has 3 aromatic rings. The van der Waals surface area contributed by atoms with Crippen molar-refractivity contribution in [2.75, 3.05) is 17.7 Å². The molecule has 0 aliphatic heterocycles. The van der Waals surface area contributed by atoms with Crippen molar-refractivity contribution in [2.45, 2.75) is 6.92 Å². The zero-order valence-electron chi connectivity index (χ0n) is 14.3. The van der Waals surface area contributed by atoms with Gasteiger partial charge in [0.2, 0.25) is 0 Å². The molecule has 0 saturated heterocycles. The van der Waals surface area contributed by atoms with Gasteiger partial charge in [-0.15, -0.1) is 0 Å². The van der Waals surface area contributed by atoms with Crippen LogP contribution in [0, 0.1) is 6.92 Å². The number of hydrogen-bond donors (Lipinski definition) is 2. The minimum atomic E-state index is -0.421. The molecule has 2 aromatic carbocycles. The Kier molecular flexibility index (Phi) is 5.34. The molecule has 2 N–H and O–H groups in total. The molecule has 0 aliphatic carbocycles. The predicted molar refractivity (Wildman–Crippen MR) is 103 cm³/mol. The minimum absolute atomic E-state index is 0.421. The first-order valence-electron chi connectivity index (χ1n) is 7.86. The third-order valence-electron chi connectivity index (χ3n) is 3.71. The Morgan fingerprint density at radius 3 is 2.50 bits per heavy atom. The molecule has 0 unspecified atom stereocenters. The average molecular weight is 369 g/mol. The van der Waals surface area contributed by atoms with E-state index in [0.29, 0.717) is 27.9 Å². The number of aromatic nitrogens is 2. The lowest BCUT2D eigenvalue weighted by molar-refractivity contribution is 0.0602. The number of benzene rings is 2. The summed E-state index contributed by atoms with van der Waals surface area (Å²) in [6.45, 7) is 1.94.